The maximum Gasteiger partial charge on any atom is 0.364 e. The van der Waals surface area contributed by atoms with Gasteiger partial charge in [0.25, 0.3) is 0 Å². The van der Waals surface area contributed by atoms with Crippen molar-refractivity contribution in [3.05, 3.63) is 12.3 Å². The minimum absolute atomic E-state index is 0.724. The Morgan fingerprint density at radius 3 is 2.00 bits per heavy atom. The predicted molar refractivity (Wildman–Crippen MR) is 58.9 cm³/mol. The lowest BCUT2D eigenvalue weighted by Crippen LogP contribution is -2.40. The van der Waals surface area contributed by atoms with E-state index in [0.29, 0.717) is 0 Å². The Morgan fingerprint density at radius 2 is 1.69 bits per heavy atom. The maximum absolute atomic E-state index is 5.72. The van der Waals surface area contributed by atoms with Gasteiger partial charge < -0.3 is 8.85 Å². The van der Waals surface area contributed by atoms with Crippen LogP contribution >= 0.6 is 0 Å². The van der Waals surface area contributed by atoms with Gasteiger partial charge in [-0.05, 0) is 25.6 Å². The molecule has 0 aromatic rings. The normalized spacial score (nSPS) is 11.6. The highest BCUT2D eigenvalue weighted by Crippen LogP contribution is 2.18. The number of rotatable bonds is 8. The van der Waals surface area contributed by atoms with Crippen LogP contribution in [0.15, 0.2) is 12.3 Å². The van der Waals surface area contributed by atoms with Gasteiger partial charge in [0, 0.05) is 13.2 Å². The lowest BCUT2D eigenvalue weighted by molar-refractivity contribution is 0.193. The molecule has 0 spiro atoms. The van der Waals surface area contributed by atoms with E-state index in [1.165, 1.54) is 6.42 Å². The molecule has 0 bridgehead atoms. The predicted octanol–water partition coefficient (Wildman–Crippen LogP) is 3.03. The Kier molecular flexibility index (Phi) is 7.23. The van der Waals surface area contributed by atoms with Crippen LogP contribution < -0.4 is 0 Å². The fraction of sp³-hybridized carbons (Fsp3) is 0.800. The molecule has 13 heavy (non-hydrogen) atoms. The van der Waals surface area contributed by atoms with E-state index in [1.807, 2.05) is 19.5 Å². The Balaban J connectivity index is 4.16. The van der Waals surface area contributed by atoms with Gasteiger partial charge in [0.05, 0.1) is 0 Å². The number of hydrogen-bond donors (Lipinski definition) is 0. The lowest BCUT2D eigenvalue weighted by atomic mass is 10.4. The molecule has 0 radical (unpaired) electrons. The lowest BCUT2D eigenvalue weighted by Gasteiger charge is -2.26. The molecular weight excluding hydrogens is 180 g/mol. The van der Waals surface area contributed by atoms with Gasteiger partial charge in [0.1, 0.15) is 0 Å². The fourth-order valence-corrected chi connectivity index (χ4v) is 3.95. The second-order valence-electron chi connectivity index (χ2n) is 2.99. The summed E-state index contributed by atoms with van der Waals surface area (Å²) >= 11 is 0. The van der Waals surface area contributed by atoms with E-state index in [0.717, 1.165) is 25.7 Å². The van der Waals surface area contributed by atoms with Crippen molar-refractivity contribution in [2.75, 3.05) is 13.2 Å². The van der Waals surface area contributed by atoms with E-state index in [9.17, 15) is 0 Å². The molecule has 0 N–H and O–H groups in total. The van der Waals surface area contributed by atoms with Crippen LogP contribution in [-0.4, -0.2) is 21.8 Å². The largest absolute Gasteiger partial charge is 0.392 e. The van der Waals surface area contributed by atoms with Crippen molar-refractivity contribution < 1.29 is 8.85 Å². The van der Waals surface area contributed by atoms with E-state index in [-0.39, 0.29) is 0 Å². The third-order valence-corrected chi connectivity index (χ3v) is 5.19. The van der Waals surface area contributed by atoms with Gasteiger partial charge in [-0.2, -0.15) is 0 Å². The van der Waals surface area contributed by atoms with Crippen molar-refractivity contribution in [2.24, 2.45) is 0 Å². The van der Waals surface area contributed by atoms with Crippen LogP contribution in [0.1, 0.15) is 33.6 Å². The minimum Gasteiger partial charge on any atom is -0.392 e. The molecule has 0 unspecified atom stereocenters. The first-order valence-electron chi connectivity index (χ1n) is 5.16. The summed E-state index contributed by atoms with van der Waals surface area (Å²) in [4.78, 5) is 0. The van der Waals surface area contributed by atoms with Crippen LogP contribution in [-0.2, 0) is 8.85 Å². The highest BCUT2D eigenvalue weighted by Gasteiger charge is 2.32. The zero-order valence-corrected chi connectivity index (χ0v) is 10.1. The van der Waals surface area contributed by atoms with E-state index in [1.54, 1.807) is 0 Å². The molecule has 0 rings (SSSR count). The molecule has 3 heteroatoms. The third-order valence-electron chi connectivity index (χ3n) is 1.97. The summed E-state index contributed by atoms with van der Waals surface area (Å²) in [6.45, 7) is 11.5. The average molecular weight is 202 g/mol. The van der Waals surface area contributed by atoms with Crippen LogP contribution in [0.5, 0.6) is 0 Å². The van der Waals surface area contributed by atoms with Crippen LogP contribution in [0.25, 0.3) is 0 Å². The Morgan fingerprint density at radius 1 is 1.15 bits per heavy atom. The van der Waals surface area contributed by atoms with Gasteiger partial charge in [-0.25, -0.2) is 0 Å². The van der Waals surface area contributed by atoms with Crippen molar-refractivity contribution in [3.8, 4) is 0 Å². The van der Waals surface area contributed by atoms with Crippen LogP contribution in [0.3, 0.4) is 0 Å². The molecule has 0 saturated carbocycles. The van der Waals surface area contributed by atoms with Gasteiger partial charge in [-0.3, -0.25) is 0 Å². The van der Waals surface area contributed by atoms with Gasteiger partial charge in [-0.1, -0.05) is 19.8 Å². The second kappa shape index (κ2) is 7.30. The quantitative estimate of drug-likeness (QED) is 0.563. The van der Waals surface area contributed by atoms with E-state index < -0.39 is 8.56 Å². The van der Waals surface area contributed by atoms with Gasteiger partial charge >= 0.3 is 8.56 Å². The molecule has 0 aromatic carbocycles. The smallest absolute Gasteiger partial charge is 0.364 e. The first kappa shape index (κ1) is 12.9. The summed E-state index contributed by atoms with van der Waals surface area (Å²) in [5.41, 5.74) is 1.91. The molecular formula is C10H22O2Si. The van der Waals surface area contributed by atoms with Crippen molar-refractivity contribution >= 4 is 8.56 Å². The highest BCUT2D eigenvalue weighted by molar-refractivity contribution is 6.72. The molecule has 0 saturated heterocycles. The Hall–Kier alpha value is -0.123. The van der Waals surface area contributed by atoms with Gasteiger partial charge in [0.15, 0.2) is 0 Å². The molecule has 0 fully saturated rings. The minimum atomic E-state index is -2.03. The first-order chi connectivity index (χ1) is 6.24. The van der Waals surface area contributed by atoms with Crippen molar-refractivity contribution in [3.63, 3.8) is 0 Å². The summed E-state index contributed by atoms with van der Waals surface area (Å²) in [7, 11) is -2.03. The topological polar surface area (TPSA) is 18.5 Å². The van der Waals surface area contributed by atoms with Crippen molar-refractivity contribution in [1.82, 2.24) is 0 Å². The van der Waals surface area contributed by atoms with Crippen LogP contribution in [0.4, 0.5) is 0 Å². The Bertz CT molecular complexity index is 131. The van der Waals surface area contributed by atoms with Crippen LogP contribution in [0.2, 0.25) is 6.04 Å². The molecule has 0 aliphatic heterocycles. The summed E-state index contributed by atoms with van der Waals surface area (Å²) in [5.74, 6) is 0. The van der Waals surface area contributed by atoms with E-state index >= 15 is 0 Å². The second-order valence-corrected chi connectivity index (χ2v) is 6.09. The zero-order chi connectivity index (χ0) is 10.2. The maximum atomic E-state index is 5.72. The first-order valence-corrected chi connectivity index (χ1v) is 7.26. The SMILES string of the molecule is C=C[Si](CCCC)(OCC)OCC. The molecule has 0 atom stereocenters. The zero-order valence-electron chi connectivity index (χ0n) is 9.14. The Labute approximate surface area is 83.2 Å². The monoisotopic (exact) mass is 202 g/mol. The fourth-order valence-electron chi connectivity index (χ4n) is 1.32. The third kappa shape index (κ3) is 4.60. The summed E-state index contributed by atoms with van der Waals surface area (Å²) in [6.07, 6.45) is 2.35. The van der Waals surface area contributed by atoms with Crippen molar-refractivity contribution in [1.29, 1.82) is 0 Å². The van der Waals surface area contributed by atoms with Crippen molar-refractivity contribution in [2.45, 2.75) is 39.7 Å². The molecule has 0 aromatic heterocycles. The number of unbranched alkanes of at least 4 members (excludes halogenated alkanes) is 1. The highest BCUT2D eigenvalue weighted by atomic mass is 28.4. The van der Waals surface area contributed by atoms with Gasteiger partial charge in [0.2, 0.25) is 0 Å². The molecule has 0 aliphatic carbocycles. The molecule has 0 aliphatic rings. The summed E-state index contributed by atoms with van der Waals surface area (Å²) < 4.78 is 11.4. The molecule has 2 nitrogen and oxygen atoms in total. The average Bonchev–Trinajstić information content (AvgIpc) is 2.15. The summed E-state index contributed by atoms with van der Waals surface area (Å²) in [5, 5.41) is 0. The van der Waals surface area contributed by atoms with Gasteiger partial charge in [-0.15, -0.1) is 6.58 Å². The standard InChI is InChI=1S/C10H22O2Si/c1-5-9-10-13(8-4,11-6-2)12-7-3/h8H,4-7,9-10H2,1-3H3. The molecule has 0 heterocycles. The molecule has 0 amide bonds. The van der Waals surface area contributed by atoms with E-state index in [2.05, 4.69) is 13.5 Å². The summed E-state index contributed by atoms with van der Waals surface area (Å²) in [6, 6.07) is 1.04. The van der Waals surface area contributed by atoms with E-state index in [4.69, 9.17) is 8.85 Å². The number of hydrogen-bond acceptors (Lipinski definition) is 2. The van der Waals surface area contributed by atoms with Crippen LogP contribution in [0, 0.1) is 0 Å². The molecule has 78 valence electrons.